The number of hydrogen-bond donors (Lipinski definition) is 1. The lowest BCUT2D eigenvalue weighted by Gasteiger charge is -2.20. The van der Waals surface area contributed by atoms with E-state index >= 15 is 0 Å². The quantitative estimate of drug-likeness (QED) is 0.857. The van der Waals surface area contributed by atoms with Gasteiger partial charge in [0.15, 0.2) is 11.5 Å². The van der Waals surface area contributed by atoms with Crippen molar-refractivity contribution < 1.29 is 9.47 Å². The molecule has 1 aliphatic carbocycles. The van der Waals surface area contributed by atoms with Crippen molar-refractivity contribution in [2.24, 2.45) is 0 Å². The van der Waals surface area contributed by atoms with Gasteiger partial charge in [0.2, 0.25) is 0 Å². The third kappa shape index (κ3) is 2.78. The fraction of sp³-hybridized carbons (Fsp3) is 0.647. The number of hydrogen-bond acceptors (Lipinski definition) is 3. The molecule has 1 N–H and O–H groups in total. The predicted molar refractivity (Wildman–Crippen MR) is 82.8 cm³/mol. The second kappa shape index (κ2) is 6.04. The maximum absolute atomic E-state index is 5.76. The van der Waals surface area contributed by atoms with E-state index in [-0.39, 0.29) is 5.41 Å². The van der Waals surface area contributed by atoms with Crippen LogP contribution >= 0.6 is 0 Å². The lowest BCUT2D eigenvalue weighted by Crippen LogP contribution is -2.20. The van der Waals surface area contributed by atoms with Crippen molar-refractivity contribution in [1.29, 1.82) is 0 Å². The van der Waals surface area contributed by atoms with Crippen LogP contribution in [0, 0.1) is 0 Å². The van der Waals surface area contributed by atoms with Crippen LogP contribution in [0.15, 0.2) is 12.1 Å². The summed E-state index contributed by atoms with van der Waals surface area (Å²) in [5, 5.41) is 3.58. The number of benzene rings is 1. The summed E-state index contributed by atoms with van der Waals surface area (Å²) in [6.07, 6.45) is 1.12. The molecule has 20 heavy (non-hydrogen) atoms. The molecule has 0 heterocycles. The van der Waals surface area contributed by atoms with Gasteiger partial charge in [0, 0.05) is 6.04 Å². The van der Waals surface area contributed by atoms with E-state index in [9.17, 15) is 0 Å². The summed E-state index contributed by atoms with van der Waals surface area (Å²) in [6, 6.07) is 4.77. The van der Waals surface area contributed by atoms with Crippen LogP contribution in [0.1, 0.15) is 58.2 Å². The van der Waals surface area contributed by atoms with Gasteiger partial charge in [-0.2, -0.15) is 0 Å². The molecule has 0 saturated heterocycles. The zero-order chi connectivity index (χ0) is 14.8. The van der Waals surface area contributed by atoms with Gasteiger partial charge in [-0.3, -0.25) is 0 Å². The third-order valence-corrected chi connectivity index (χ3v) is 3.99. The zero-order valence-corrected chi connectivity index (χ0v) is 13.4. The summed E-state index contributed by atoms with van der Waals surface area (Å²) in [7, 11) is 0. The molecule has 0 spiro atoms. The first-order valence-electron chi connectivity index (χ1n) is 7.70. The summed E-state index contributed by atoms with van der Waals surface area (Å²) in [5.41, 5.74) is 2.93. The van der Waals surface area contributed by atoms with Gasteiger partial charge in [-0.05, 0) is 55.5 Å². The summed E-state index contributed by atoms with van der Waals surface area (Å²) in [4.78, 5) is 0. The highest BCUT2D eigenvalue weighted by atomic mass is 16.5. The maximum Gasteiger partial charge on any atom is 0.161 e. The molecule has 0 bridgehead atoms. The molecule has 3 heteroatoms. The third-order valence-electron chi connectivity index (χ3n) is 3.99. The first-order chi connectivity index (χ1) is 9.53. The van der Waals surface area contributed by atoms with Gasteiger partial charge < -0.3 is 14.8 Å². The Morgan fingerprint density at radius 2 is 1.70 bits per heavy atom. The molecule has 1 aromatic carbocycles. The minimum atomic E-state index is 0.179. The Balaban J connectivity index is 2.47. The molecule has 112 valence electrons. The van der Waals surface area contributed by atoms with E-state index in [1.807, 2.05) is 13.8 Å². The van der Waals surface area contributed by atoms with Gasteiger partial charge in [-0.25, -0.2) is 0 Å². The van der Waals surface area contributed by atoms with Gasteiger partial charge >= 0.3 is 0 Å². The number of ether oxygens (including phenoxy) is 2. The zero-order valence-electron chi connectivity index (χ0n) is 13.4. The number of rotatable bonds is 6. The maximum atomic E-state index is 5.76. The van der Waals surface area contributed by atoms with E-state index < -0.39 is 0 Å². The predicted octanol–water partition coefficient (Wildman–Crippen LogP) is 3.82. The van der Waals surface area contributed by atoms with E-state index in [2.05, 4.69) is 38.2 Å². The van der Waals surface area contributed by atoms with Crippen LogP contribution in [0.3, 0.4) is 0 Å². The first-order valence-corrected chi connectivity index (χ1v) is 7.70. The molecule has 0 aliphatic heterocycles. The Labute approximate surface area is 122 Å². The molecule has 1 atom stereocenters. The molecule has 2 rings (SSSR count). The normalized spacial score (nSPS) is 19.8. The Morgan fingerprint density at radius 1 is 1.10 bits per heavy atom. The van der Waals surface area contributed by atoms with Gasteiger partial charge in [0.1, 0.15) is 0 Å². The molecule has 1 aromatic rings. The second-order valence-corrected chi connectivity index (χ2v) is 5.95. The number of nitrogens with one attached hydrogen (secondary N) is 1. The molecule has 0 aromatic heterocycles. The van der Waals surface area contributed by atoms with Gasteiger partial charge in [0.05, 0.1) is 13.2 Å². The average Bonchev–Trinajstić information content (AvgIpc) is 2.63. The van der Waals surface area contributed by atoms with Crippen LogP contribution in [0.4, 0.5) is 0 Å². The van der Waals surface area contributed by atoms with Gasteiger partial charge in [-0.1, -0.05) is 20.8 Å². The van der Waals surface area contributed by atoms with Crippen molar-refractivity contribution in [3.63, 3.8) is 0 Å². The molecule has 0 amide bonds. The van der Waals surface area contributed by atoms with Crippen molar-refractivity contribution in [2.75, 3.05) is 19.8 Å². The van der Waals surface area contributed by atoms with Crippen molar-refractivity contribution in [3.05, 3.63) is 23.3 Å². The average molecular weight is 277 g/mol. The smallest absolute Gasteiger partial charge is 0.161 e. The summed E-state index contributed by atoms with van der Waals surface area (Å²) >= 11 is 0. The second-order valence-electron chi connectivity index (χ2n) is 5.95. The summed E-state index contributed by atoms with van der Waals surface area (Å²) < 4.78 is 11.5. The standard InChI is InChI=1S/C17H27NO2/c1-6-18-14-11-17(4,5)13-10-16(20-8-3)15(19-7-2)9-12(13)14/h9-10,14,18H,6-8,11H2,1-5H3. The van der Waals surface area contributed by atoms with Gasteiger partial charge in [-0.15, -0.1) is 0 Å². The van der Waals surface area contributed by atoms with E-state index in [0.29, 0.717) is 19.3 Å². The molecular formula is C17H27NO2. The minimum Gasteiger partial charge on any atom is -0.490 e. The van der Waals surface area contributed by atoms with Crippen LogP contribution in [-0.2, 0) is 5.41 Å². The van der Waals surface area contributed by atoms with Gasteiger partial charge in [0.25, 0.3) is 0 Å². The van der Waals surface area contributed by atoms with Crippen LogP contribution in [0.2, 0.25) is 0 Å². The van der Waals surface area contributed by atoms with Crippen LogP contribution in [0.5, 0.6) is 11.5 Å². The minimum absolute atomic E-state index is 0.179. The lowest BCUT2D eigenvalue weighted by atomic mass is 9.86. The van der Waals surface area contributed by atoms with E-state index in [0.717, 1.165) is 24.5 Å². The fourth-order valence-corrected chi connectivity index (χ4v) is 3.15. The van der Waals surface area contributed by atoms with Crippen LogP contribution in [-0.4, -0.2) is 19.8 Å². The van der Waals surface area contributed by atoms with E-state index in [1.54, 1.807) is 0 Å². The summed E-state index contributed by atoms with van der Waals surface area (Å²) in [5.74, 6) is 1.74. The van der Waals surface area contributed by atoms with Crippen molar-refractivity contribution in [3.8, 4) is 11.5 Å². The number of fused-ring (bicyclic) bond motifs is 1. The molecule has 0 fully saturated rings. The van der Waals surface area contributed by atoms with E-state index in [1.165, 1.54) is 11.1 Å². The first kappa shape index (κ1) is 15.2. The van der Waals surface area contributed by atoms with Crippen LogP contribution < -0.4 is 14.8 Å². The van der Waals surface area contributed by atoms with E-state index in [4.69, 9.17) is 9.47 Å². The molecule has 0 saturated carbocycles. The van der Waals surface area contributed by atoms with Crippen LogP contribution in [0.25, 0.3) is 0 Å². The van der Waals surface area contributed by atoms with Crippen molar-refractivity contribution in [2.45, 2.75) is 52.5 Å². The van der Waals surface area contributed by atoms with Crippen molar-refractivity contribution >= 4 is 0 Å². The Morgan fingerprint density at radius 3 is 2.25 bits per heavy atom. The summed E-state index contributed by atoms with van der Waals surface area (Å²) in [6.45, 7) is 13.1. The highest BCUT2D eigenvalue weighted by Crippen LogP contribution is 2.48. The lowest BCUT2D eigenvalue weighted by molar-refractivity contribution is 0.287. The fourth-order valence-electron chi connectivity index (χ4n) is 3.15. The Bertz CT molecular complexity index is 468. The largest absolute Gasteiger partial charge is 0.490 e. The molecule has 0 radical (unpaired) electrons. The molecule has 1 aliphatic rings. The topological polar surface area (TPSA) is 30.5 Å². The molecular weight excluding hydrogens is 250 g/mol. The highest BCUT2D eigenvalue weighted by Gasteiger charge is 2.37. The van der Waals surface area contributed by atoms with Crippen molar-refractivity contribution in [1.82, 2.24) is 5.32 Å². The molecule has 3 nitrogen and oxygen atoms in total. The Hall–Kier alpha value is -1.22. The Kier molecular flexibility index (Phi) is 4.59. The highest BCUT2D eigenvalue weighted by molar-refractivity contribution is 5.53. The SMILES string of the molecule is CCNC1CC(C)(C)c2cc(OCC)c(OCC)cc21. The monoisotopic (exact) mass is 277 g/mol. The molecule has 1 unspecified atom stereocenters.